The van der Waals surface area contributed by atoms with E-state index in [0.717, 1.165) is 15.8 Å². The van der Waals surface area contributed by atoms with E-state index in [2.05, 4.69) is 4.98 Å². The van der Waals surface area contributed by atoms with Gasteiger partial charge in [-0.05, 0) is 24.3 Å². The summed E-state index contributed by atoms with van der Waals surface area (Å²) < 4.78 is 2.73. The Hall–Kier alpha value is -4.19. The van der Waals surface area contributed by atoms with Gasteiger partial charge < -0.3 is 4.98 Å². The average molecular weight is 380 g/mol. The zero-order valence-electron chi connectivity index (χ0n) is 15.3. The van der Waals surface area contributed by atoms with E-state index in [-0.39, 0.29) is 0 Å². The molecule has 0 spiro atoms. The van der Waals surface area contributed by atoms with Crippen molar-refractivity contribution in [2.24, 2.45) is 0 Å². The molecule has 0 amide bonds. The Morgan fingerprint density at radius 2 is 1.24 bits per heavy atom. The molecule has 0 aliphatic carbocycles. The SMILES string of the molecule is O=c1[nH]c2c(-c3ccccc3)nn(-c3ccccc3)c2c(=O)n1-c1ccccc1. The van der Waals surface area contributed by atoms with Gasteiger partial charge in [-0.15, -0.1) is 0 Å². The van der Waals surface area contributed by atoms with Crippen molar-refractivity contribution in [1.29, 1.82) is 0 Å². The van der Waals surface area contributed by atoms with E-state index in [9.17, 15) is 9.59 Å². The molecule has 5 aromatic rings. The highest BCUT2D eigenvalue weighted by molar-refractivity contribution is 5.90. The summed E-state index contributed by atoms with van der Waals surface area (Å²) in [7, 11) is 0. The number of H-pyrrole nitrogens is 1. The molecular weight excluding hydrogens is 364 g/mol. The van der Waals surface area contributed by atoms with Crippen LogP contribution >= 0.6 is 0 Å². The standard InChI is InChI=1S/C23H16N4O2/c28-22-21-20(24-23(29)26(22)17-12-6-2-7-13-17)19(16-10-4-1-5-11-16)25-27(21)18-14-8-3-9-15-18/h1-15H,(H,24,29). The number of aromatic nitrogens is 4. The van der Waals surface area contributed by atoms with E-state index in [4.69, 9.17) is 5.10 Å². The topological polar surface area (TPSA) is 72.7 Å². The fourth-order valence-electron chi connectivity index (χ4n) is 3.46. The van der Waals surface area contributed by atoms with Crippen molar-refractivity contribution in [2.75, 3.05) is 0 Å². The van der Waals surface area contributed by atoms with E-state index >= 15 is 0 Å². The van der Waals surface area contributed by atoms with E-state index in [1.807, 2.05) is 66.7 Å². The second kappa shape index (κ2) is 6.76. The predicted octanol–water partition coefficient (Wildman–Crippen LogP) is 3.53. The molecule has 6 heteroatoms. The maximum Gasteiger partial charge on any atom is 0.333 e. The van der Waals surface area contributed by atoms with E-state index in [1.54, 1.807) is 28.9 Å². The molecule has 29 heavy (non-hydrogen) atoms. The second-order valence-corrected chi connectivity index (χ2v) is 6.59. The molecule has 0 radical (unpaired) electrons. The number of nitrogens with zero attached hydrogens (tertiary/aromatic N) is 3. The summed E-state index contributed by atoms with van der Waals surface area (Å²) in [5, 5.41) is 4.70. The molecule has 0 bridgehead atoms. The largest absolute Gasteiger partial charge is 0.333 e. The number of rotatable bonds is 3. The first-order chi connectivity index (χ1) is 14.2. The van der Waals surface area contributed by atoms with Crippen LogP contribution in [0.1, 0.15) is 0 Å². The van der Waals surface area contributed by atoms with Crippen LogP contribution in [0.4, 0.5) is 0 Å². The van der Waals surface area contributed by atoms with Crippen molar-refractivity contribution in [3.05, 3.63) is 112 Å². The highest BCUT2D eigenvalue weighted by Gasteiger charge is 2.20. The number of aromatic amines is 1. The molecule has 1 N–H and O–H groups in total. The molecule has 0 unspecified atom stereocenters. The van der Waals surface area contributed by atoms with Gasteiger partial charge in [0.2, 0.25) is 0 Å². The number of hydrogen-bond acceptors (Lipinski definition) is 3. The number of fused-ring (bicyclic) bond motifs is 1. The molecule has 5 rings (SSSR count). The summed E-state index contributed by atoms with van der Waals surface area (Å²) in [5.74, 6) is 0. The minimum Gasteiger partial charge on any atom is -0.303 e. The first-order valence-corrected chi connectivity index (χ1v) is 9.18. The third-order valence-electron chi connectivity index (χ3n) is 4.79. The van der Waals surface area contributed by atoms with Gasteiger partial charge in [0.25, 0.3) is 5.56 Å². The van der Waals surface area contributed by atoms with Crippen molar-refractivity contribution in [3.63, 3.8) is 0 Å². The maximum absolute atomic E-state index is 13.5. The van der Waals surface area contributed by atoms with Gasteiger partial charge in [0.05, 0.1) is 11.4 Å². The van der Waals surface area contributed by atoms with Crippen molar-refractivity contribution in [2.45, 2.75) is 0 Å². The number of hydrogen-bond donors (Lipinski definition) is 1. The van der Waals surface area contributed by atoms with Crippen molar-refractivity contribution in [3.8, 4) is 22.6 Å². The highest BCUT2D eigenvalue weighted by atomic mass is 16.2. The van der Waals surface area contributed by atoms with E-state index < -0.39 is 11.2 Å². The molecular formula is C23H16N4O2. The zero-order valence-corrected chi connectivity index (χ0v) is 15.3. The minimum atomic E-state index is -0.501. The van der Waals surface area contributed by atoms with Gasteiger partial charge in [-0.25, -0.2) is 14.0 Å². The Morgan fingerprint density at radius 3 is 1.86 bits per heavy atom. The van der Waals surface area contributed by atoms with Crippen LogP contribution in [0, 0.1) is 0 Å². The van der Waals surface area contributed by atoms with Crippen molar-refractivity contribution >= 4 is 11.0 Å². The van der Waals surface area contributed by atoms with E-state index in [1.165, 1.54) is 0 Å². The fourth-order valence-corrected chi connectivity index (χ4v) is 3.46. The lowest BCUT2D eigenvalue weighted by Crippen LogP contribution is -2.34. The molecule has 0 aliphatic heterocycles. The van der Waals surface area contributed by atoms with Crippen LogP contribution < -0.4 is 11.2 Å². The van der Waals surface area contributed by atoms with Gasteiger partial charge in [0.1, 0.15) is 11.2 Å². The maximum atomic E-state index is 13.5. The Kier molecular flexibility index (Phi) is 3.95. The van der Waals surface area contributed by atoms with Gasteiger partial charge >= 0.3 is 5.69 Å². The molecule has 140 valence electrons. The lowest BCUT2D eigenvalue weighted by Gasteiger charge is -2.06. The molecule has 0 saturated heterocycles. The summed E-state index contributed by atoms with van der Waals surface area (Å²) in [4.78, 5) is 29.2. The van der Waals surface area contributed by atoms with Gasteiger partial charge in [-0.2, -0.15) is 5.10 Å². The van der Waals surface area contributed by atoms with Crippen molar-refractivity contribution in [1.82, 2.24) is 19.3 Å². The fraction of sp³-hybridized carbons (Fsp3) is 0. The first kappa shape index (κ1) is 16.9. The second-order valence-electron chi connectivity index (χ2n) is 6.59. The molecule has 0 saturated carbocycles. The van der Waals surface area contributed by atoms with Crippen LogP contribution in [0.15, 0.2) is 101 Å². The number of nitrogens with one attached hydrogen (secondary N) is 1. The quantitative estimate of drug-likeness (QED) is 0.520. The van der Waals surface area contributed by atoms with Crippen molar-refractivity contribution < 1.29 is 0 Å². The molecule has 0 atom stereocenters. The van der Waals surface area contributed by atoms with Gasteiger partial charge in [-0.3, -0.25) is 4.79 Å². The molecule has 6 nitrogen and oxygen atoms in total. The molecule has 3 aromatic carbocycles. The third kappa shape index (κ3) is 2.78. The predicted molar refractivity (Wildman–Crippen MR) is 113 cm³/mol. The highest BCUT2D eigenvalue weighted by Crippen LogP contribution is 2.26. The monoisotopic (exact) mass is 380 g/mol. The summed E-state index contributed by atoms with van der Waals surface area (Å²) in [5.41, 5.74) is 2.43. The van der Waals surface area contributed by atoms with E-state index in [0.29, 0.717) is 22.4 Å². The van der Waals surface area contributed by atoms with Crippen LogP contribution in [-0.4, -0.2) is 19.3 Å². The normalized spacial score (nSPS) is 11.0. The lowest BCUT2D eigenvalue weighted by molar-refractivity contribution is 0.867. The molecule has 2 aromatic heterocycles. The van der Waals surface area contributed by atoms with Gasteiger partial charge in [0, 0.05) is 5.56 Å². The number of para-hydroxylation sites is 2. The zero-order chi connectivity index (χ0) is 19.8. The van der Waals surface area contributed by atoms with Gasteiger partial charge in [-0.1, -0.05) is 66.7 Å². The Labute approximate surface area is 165 Å². The minimum absolute atomic E-state index is 0.318. The summed E-state index contributed by atoms with van der Waals surface area (Å²) in [6, 6.07) is 27.8. The summed E-state index contributed by atoms with van der Waals surface area (Å²) in [6.07, 6.45) is 0. The third-order valence-corrected chi connectivity index (χ3v) is 4.79. The molecule has 0 aliphatic rings. The Bertz CT molecular complexity index is 1420. The van der Waals surface area contributed by atoms with Crippen LogP contribution in [0.5, 0.6) is 0 Å². The van der Waals surface area contributed by atoms with Crippen LogP contribution in [0.25, 0.3) is 33.7 Å². The Morgan fingerprint density at radius 1 is 0.690 bits per heavy atom. The molecule has 2 heterocycles. The smallest absolute Gasteiger partial charge is 0.303 e. The summed E-state index contributed by atoms with van der Waals surface area (Å²) >= 11 is 0. The van der Waals surface area contributed by atoms with Crippen LogP contribution in [0.3, 0.4) is 0 Å². The molecule has 0 fully saturated rings. The lowest BCUT2D eigenvalue weighted by atomic mass is 10.1. The van der Waals surface area contributed by atoms with Gasteiger partial charge in [0.15, 0.2) is 5.52 Å². The summed E-state index contributed by atoms with van der Waals surface area (Å²) in [6.45, 7) is 0. The first-order valence-electron chi connectivity index (χ1n) is 9.18. The average Bonchev–Trinajstić information content (AvgIpc) is 3.15. The van der Waals surface area contributed by atoms with Crippen LogP contribution in [0.2, 0.25) is 0 Å². The number of benzene rings is 3. The Balaban J connectivity index is 1.91. The van der Waals surface area contributed by atoms with Crippen LogP contribution in [-0.2, 0) is 0 Å².